The third kappa shape index (κ3) is 1.58. The summed E-state index contributed by atoms with van der Waals surface area (Å²) in [6, 6.07) is 10.1. The molecule has 2 saturated carbocycles. The molecule has 1 N–H and O–H groups in total. The predicted octanol–water partition coefficient (Wildman–Crippen LogP) is 2.88. The van der Waals surface area contributed by atoms with E-state index in [-0.39, 0.29) is 0 Å². The second-order valence-corrected chi connectivity index (χ2v) is 5.83. The van der Waals surface area contributed by atoms with E-state index in [1.54, 1.807) is 0 Å². The summed E-state index contributed by atoms with van der Waals surface area (Å²) < 4.78 is 1.86. The van der Waals surface area contributed by atoms with Gasteiger partial charge in [0.15, 0.2) is 0 Å². The zero-order valence-electron chi connectivity index (χ0n) is 10.9. The van der Waals surface area contributed by atoms with E-state index in [1.807, 2.05) is 47.4 Å². The van der Waals surface area contributed by atoms with E-state index >= 15 is 0 Å². The number of rotatable bonds is 2. The maximum absolute atomic E-state index is 10.9. The normalized spacial score (nSPS) is 32.9. The molecule has 0 spiro atoms. The van der Waals surface area contributed by atoms with Crippen LogP contribution in [0.2, 0.25) is 0 Å². The number of benzene rings is 1. The number of hydrogen-bond donors (Lipinski definition) is 1. The Bertz CT molecular complexity index is 578. The van der Waals surface area contributed by atoms with Crippen molar-refractivity contribution in [2.75, 3.05) is 0 Å². The van der Waals surface area contributed by atoms with Crippen LogP contribution in [0.25, 0.3) is 5.69 Å². The first kappa shape index (κ1) is 11.2. The molecule has 2 aromatic rings. The average Bonchev–Trinajstić information content (AvgIpc) is 2.88. The van der Waals surface area contributed by atoms with E-state index in [1.165, 1.54) is 12.8 Å². The van der Waals surface area contributed by atoms with E-state index in [9.17, 15) is 5.11 Å². The van der Waals surface area contributed by atoms with Gasteiger partial charge in [0.2, 0.25) is 0 Å². The molecular weight excluding hydrogens is 236 g/mol. The Hall–Kier alpha value is -1.61. The summed E-state index contributed by atoms with van der Waals surface area (Å²) in [5.41, 5.74) is 1.44. The highest BCUT2D eigenvalue weighted by Crippen LogP contribution is 2.64. The summed E-state index contributed by atoms with van der Waals surface area (Å²) in [6.45, 7) is 0. The van der Waals surface area contributed by atoms with Gasteiger partial charge in [0, 0.05) is 11.8 Å². The number of para-hydroxylation sites is 1. The molecule has 19 heavy (non-hydrogen) atoms. The lowest BCUT2D eigenvalue weighted by Crippen LogP contribution is -2.09. The Morgan fingerprint density at radius 3 is 2.47 bits per heavy atom. The summed E-state index contributed by atoms with van der Waals surface area (Å²) in [5.74, 6) is 0.935. The van der Waals surface area contributed by atoms with Crippen LogP contribution < -0.4 is 0 Å². The zero-order chi connectivity index (χ0) is 12.9. The Balaban J connectivity index is 1.66. The van der Waals surface area contributed by atoms with Crippen LogP contribution in [0.4, 0.5) is 0 Å². The van der Waals surface area contributed by atoms with E-state index in [0.29, 0.717) is 11.8 Å². The van der Waals surface area contributed by atoms with Crippen molar-refractivity contribution in [3.63, 3.8) is 0 Å². The van der Waals surface area contributed by atoms with Gasteiger partial charge in [-0.15, -0.1) is 0 Å². The molecular formula is C16H18N2O. The van der Waals surface area contributed by atoms with Crippen molar-refractivity contribution in [3.8, 4) is 5.69 Å². The van der Waals surface area contributed by atoms with Crippen LogP contribution in [0.15, 0.2) is 42.7 Å². The Kier molecular flexibility index (Phi) is 2.33. The zero-order valence-corrected chi connectivity index (χ0v) is 10.9. The molecule has 3 nitrogen and oxygen atoms in total. The molecule has 2 fully saturated rings. The molecule has 4 rings (SSSR count). The van der Waals surface area contributed by atoms with E-state index in [2.05, 4.69) is 5.10 Å². The molecule has 2 aliphatic rings. The van der Waals surface area contributed by atoms with Crippen molar-refractivity contribution in [3.05, 3.63) is 48.3 Å². The van der Waals surface area contributed by atoms with Gasteiger partial charge in [-0.3, -0.25) is 0 Å². The second-order valence-electron chi connectivity index (χ2n) is 5.83. The van der Waals surface area contributed by atoms with Gasteiger partial charge < -0.3 is 5.11 Å². The molecule has 2 atom stereocenters. The van der Waals surface area contributed by atoms with E-state index in [0.717, 1.165) is 24.1 Å². The van der Waals surface area contributed by atoms with Crippen molar-refractivity contribution < 1.29 is 5.11 Å². The minimum absolute atomic E-state index is 0.467. The van der Waals surface area contributed by atoms with Gasteiger partial charge in [0.25, 0.3) is 0 Å². The third-order valence-electron chi connectivity index (χ3n) is 4.85. The lowest BCUT2D eigenvalue weighted by molar-refractivity contribution is 0.118. The highest BCUT2D eigenvalue weighted by atomic mass is 16.3. The minimum Gasteiger partial charge on any atom is -0.384 e. The smallest absolute Gasteiger partial charge is 0.0990 e. The van der Waals surface area contributed by atoms with Crippen molar-refractivity contribution in [1.82, 2.24) is 9.78 Å². The fourth-order valence-electron chi connectivity index (χ4n) is 3.77. The topological polar surface area (TPSA) is 38.1 Å². The maximum atomic E-state index is 10.9. The van der Waals surface area contributed by atoms with Crippen LogP contribution in [0, 0.1) is 11.8 Å². The molecule has 0 aliphatic heterocycles. The summed E-state index contributed by atoms with van der Waals surface area (Å²) in [4.78, 5) is 0. The van der Waals surface area contributed by atoms with Gasteiger partial charge in [-0.05, 0) is 36.8 Å². The molecule has 0 saturated heterocycles. The fourth-order valence-corrected chi connectivity index (χ4v) is 3.77. The largest absolute Gasteiger partial charge is 0.384 e. The molecule has 0 bridgehead atoms. The predicted molar refractivity (Wildman–Crippen MR) is 72.9 cm³/mol. The molecule has 1 heterocycles. The van der Waals surface area contributed by atoms with Crippen LogP contribution >= 0.6 is 0 Å². The van der Waals surface area contributed by atoms with E-state index < -0.39 is 5.60 Å². The molecule has 0 radical (unpaired) electrons. The summed E-state index contributed by atoms with van der Waals surface area (Å²) in [7, 11) is 0. The number of hydrogen-bond acceptors (Lipinski definition) is 2. The molecule has 3 heteroatoms. The lowest BCUT2D eigenvalue weighted by atomic mass is 10.0. The van der Waals surface area contributed by atoms with Crippen LogP contribution in [-0.2, 0) is 5.60 Å². The standard InChI is InChI=1S/C16H18N2O/c19-16(14-8-4-5-9-15(14)16)12-10-17-18(11-12)13-6-2-1-3-7-13/h1-3,6-7,10-11,14-15,19H,4-5,8-9H2. The van der Waals surface area contributed by atoms with Gasteiger partial charge in [-0.1, -0.05) is 31.0 Å². The number of aliphatic hydroxyl groups is 1. The second kappa shape index (κ2) is 3.94. The van der Waals surface area contributed by atoms with Crippen LogP contribution in [0.3, 0.4) is 0 Å². The fraction of sp³-hybridized carbons (Fsp3) is 0.438. The molecule has 98 valence electrons. The van der Waals surface area contributed by atoms with Crippen molar-refractivity contribution >= 4 is 0 Å². The minimum atomic E-state index is -0.594. The van der Waals surface area contributed by atoms with Gasteiger partial charge in [-0.2, -0.15) is 5.10 Å². The molecule has 1 aromatic carbocycles. The molecule has 1 aromatic heterocycles. The number of fused-ring (bicyclic) bond motifs is 1. The van der Waals surface area contributed by atoms with Gasteiger partial charge in [-0.25, -0.2) is 4.68 Å². The van der Waals surface area contributed by atoms with Gasteiger partial charge in [0.1, 0.15) is 0 Å². The van der Waals surface area contributed by atoms with E-state index in [4.69, 9.17) is 0 Å². The van der Waals surface area contributed by atoms with Gasteiger partial charge in [0.05, 0.1) is 17.5 Å². The van der Waals surface area contributed by atoms with Gasteiger partial charge >= 0.3 is 0 Å². The Labute approximate surface area is 112 Å². The average molecular weight is 254 g/mol. The quantitative estimate of drug-likeness (QED) is 0.895. The first-order valence-corrected chi connectivity index (χ1v) is 7.13. The Morgan fingerprint density at radius 2 is 1.79 bits per heavy atom. The SMILES string of the molecule is OC1(c2cnn(-c3ccccc3)c2)C2CCCCC21. The Morgan fingerprint density at radius 1 is 1.11 bits per heavy atom. The van der Waals surface area contributed by atoms with Crippen LogP contribution in [-0.4, -0.2) is 14.9 Å². The summed E-state index contributed by atoms with van der Waals surface area (Å²) in [6.07, 6.45) is 8.68. The number of nitrogens with zero attached hydrogens (tertiary/aromatic N) is 2. The first-order chi connectivity index (χ1) is 9.30. The van der Waals surface area contributed by atoms with Crippen molar-refractivity contribution in [2.24, 2.45) is 11.8 Å². The monoisotopic (exact) mass is 254 g/mol. The van der Waals surface area contributed by atoms with Crippen LogP contribution in [0.1, 0.15) is 31.2 Å². The van der Waals surface area contributed by atoms with Crippen molar-refractivity contribution in [2.45, 2.75) is 31.3 Å². The molecule has 2 unspecified atom stereocenters. The number of aromatic nitrogens is 2. The molecule has 0 amide bonds. The maximum Gasteiger partial charge on any atom is 0.0990 e. The van der Waals surface area contributed by atoms with Crippen LogP contribution in [0.5, 0.6) is 0 Å². The lowest BCUT2D eigenvalue weighted by Gasteiger charge is -2.06. The van der Waals surface area contributed by atoms with Crippen molar-refractivity contribution in [1.29, 1.82) is 0 Å². The summed E-state index contributed by atoms with van der Waals surface area (Å²) in [5, 5.41) is 15.3. The highest BCUT2D eigenvalue weighted by Gasteiger charge is 2.65. The molecule has 2 aliphatic carbocycles. The first-order valence-electron chi connectivity index (χ1n) is 7.13. The highest BCUT2D eigenvalue weighted by molar-refractivity contribution is 5.35. The third-order valence-corrected chi connectivity index (χ3v) is 4.85. The summed E-state index contributed by atoms with van der Waals surface area (Å²) >= 11 is 0.